The van der Waals surface area contributed by atoms with E-state index in [1.165, 1.54) is 0 Å². The number of imidazole rings is 1. The SMILES string of the molecule is CCn1ccnc1CC(N)c1ccc(OC)c(Br)c1. The number of methoxy groups -OCH3 is 1. The van der Waals surface area contributed by atoms with E-state index in [9.17, 15) is 0 Å². The summed E-state index contributed by atoms with van der Waals surface area (Å²) in [5.41, 5.74) is 7.32. The molecule has 1 atom stereocenters. The molecule has 2 rings (SSSR count). The number of aromatic nitrogens is 2. The zero-order chi connectivity index (χ0) is 13.8. The predicted octanol–water partition coefficient (Wildman–Crippen LogP) is 2.92. The number of halogens is 1. The molecule has 102 valence electrons. The molecule has 4 nitrogen and oxygen atoms in total. The Kier molecular flexibility index (Phi) is 4.61. The van der Waals surface area contributed by atoms with Gasteiger partial charge in [0.25, 0.3) is 0 Å². The summed E-state index contributed by atoms with van der Waals surface area (Å²) in [6, 6.07) is 5.84. The first-order valence-electron chi connectivity index (χ1n) is 6.24. The summed E-state index contributed by atoms with van der Waals surface area (Å²) in [4.78, 5) is 4.36. The van der Waals surface area contributed by atoms with Gasteiger partial charge >= 0.3 is 0 Å². The minimum absolute atomic E-state index is 0.0742. The van der Waals surface area contributed by atoms with Gasteiger partial charge in [0.2, 0.25) is 0 Å². The summed E-state index contributed by atoms with van der Waals surface area (Å²) in [6.45, 7) is 3.01. The fourth-order valence-corrected chi connectivity index (χ4v) is 2.60. The third kappa shape index (κ3) is 3.16. The van der Waals surface area contributed by atoms with Crippen LogP contribution in [0.15, 0.2) is 35.1 Å². The summed E-state index contributed by atoms with van der Waals surface area (Å²) in [5.74, 6) is 1.83. The molecule has 0 aliphatic heterocycles. The largest absolute Gasteiger partial charge is 0.496 e. The number of hydrogen-bond acceptors (Lipinski definition) is 3. The lowest BCUT2D eigenvalue weighted by atomic mass is 10.0. The van der Waals surface area contributed by atoms with E-state index >= 15 is 0 Å². The number of benzene rings is 1. The molecule has 0 aliphatic carbocycles. The van der Waals surface area contributed by atoms with Crippen molar-refractivity contribution < 1.29 is 4.74 Å². The molecule has 1 aromatic heterocycles. The van der Waals surface area contributed by atoms with Crippen molar-refractivity contribution in [1.82, 2.24) is 9.55 Å². The van der Waals surface area contributed by atoms with Crippen molar-refractivity contribution in [2.75, 3.05) is 7.11 Å². The summed E-state index contributed by atoms with van der Waals surface area (Å²) < 4.78 is 8.25. The lowest BCUT2D eigenvalue weighted by molar-refractivity contribution is 0.412. The summed E-state index contributed by atoms with van der Waals surface area (Å²) >= 11 is 3.48. The van der Waals surface area contributed by atoms with Crippen LogP contribution in [0.5, 0.6) is 5.75 Å². The maximum atomic E-state index is 6.26. The zero-order valence-electron chi connectivity index (χ0n) is 11.1. The van der Waals surface area contributed by atoms with Gasteiger partial charge in [0.1, 0.15) is 11.6 Å². The van der Waals surface area contributed by atoms with E-state index in [1.54, 1.807) is 7.11 Å². The van der Waals surface area contributed by atoms with E-state index < -0.39 is 0 Å². The molecule has 0 radical (unpaired) electrons. The Bertz CT molecular complexity index is 553. The molecule has 0 saturated carbocycles. The van der Waals surface area contributed by atoms with E-state index in [2.05, 4.69) is 32.4 Å². The molecule has 1 unspecified atom stereocenters. The molecule has 5 heteroatoms. The Labute approximate surface area is 121 Å². The smallest absolute Gasteiger partial charge is 0.133 e. The number of rotatable bonds is 5. The second-order valence-electron chi connectivity index (χ2n) is 4.33. The van der Waals surface area contributed by atoms with E-state index in [-0.39, 0.29) is 6.04 Å². The maximum Gasteiger partial charge on any atom is 0.133 e. The van der Waals surface area contributed by atoms with Crippen molar-refractivity contribution in [2.24, 2.45) is 5.73 Å². The van der Waals surface area contributed by atoms with Crippen LogP contribution in [0.4, 0.5) is 0 Å². The molecule has 0 aliphatic rings. The zero-order valence-corrected chi connectivity index (χ0v) is 12.7. The molecule has 0 amide bonds. The molecular formula is C14H18BrN3O. The number of aryl methyl sites for hydroxylation is 1. The molecule has 0 spiro atoms. The Hall–Kier alpha value is -1.33. The van der Waals surface area contributed by atoms with Crippen LogP contribution >= 0.6 is 15.9 Å². The first-order chi connectivity index (χ1) is 9.15. The van der Waals surface area contributed by atoms with Gasteiger partial charge in [-0.05, 0) is 40.5 Å². The minimum Gasteiger partial charge on any atom is -0.496 e. The fourth-order valence-electron chi connectivity index (χ4n) is 2.05. The summed E-state index contributed by atoms with van der Waals surface area (Å²) in [6.07, 6.45) is 4.51. The molecule has 2 aromatic rings. The lowest BCUT2D eigenvalue weighted by Gasteiger charge is -2.14. The Morgan fingerprint density at radius 1 is 1.47 bits per heavy atom. The highest BCUT2D eigenvalue weighted by Crippen LogP contribution is 2.28. The van der Waals surface area contributed by atoms with Crippen LogP contribution in [0.3, 0.4) is 0 Å². The van der Waals surface area contributed by atoms with E-state index in [4.69, 9.17) is 10.5 Å². The Morgan fingerprint density at radius 3 is 2.89 bits per heavy atom. The minimum atomic E-state index is -0.0742. The van der Waals surface area contributed by atoms with Gasteiger partial charge in [0.15, 0.2) is 0 Å². The van der Waals surface area contributed by atoms with Crippen LogP contribution in [0.1, 0.15) is 24.4 Å². The second kappa shape index (κ2) is 6.21. The average Bonchev–Trinajstić information content (AvgIpc) is 2.85. The lowest BCUT2D eigenvalue weighted by Crippen LogP contribution is -2.16. The van der Waals surface area contributed by atoms with E-state index in [0.29, 0.717) is 0 Å². The topological polar surface area (TPSA) is 53.1 Å². The molecular weight excluding hydrogens is 306 g/mol. The normalized spacial score (nSPS) is 12.4. The van der Waals surface area contributed by atoms with Crippen molar-refractivity contribution in [2.45, 2.75) is 25.9 Å². The van der Waals surface area contributed by atoms with E-state index in [1.807, 2.05) is 30.6 Å². The maximum absolute atomic E-state index is 6.26. The van der Waals surface area contributed by atoms with Crippen molar-refractivity contribution in [3.8, 4) is 5.75 Å². The van der Waals surface area contributed by atoms with Gasteiger partial charge < -0.3 is 15.0 Å². The molecule has 1 heterocycles. The first-order valence-corrected chi connectivity index (χ1v) is 7.04. The Morgan fingerprint density at radius 2 is 2.26 bits per heavy atom. The second-order valence-corrected chi connectivity index (χ2v) is 5.19. The van der Waals surface area contributed by atoms with Gasteiger partial charge in [-0.1, -0.05) is 6.07 Å². The molecule has 0 fully saturated rings. The third-order valence-corrected chi connectivity index (χ3v) is 3.77. The highest BCUT2D eigenvalue weighted by Gasteiger charge is 2.12. The average molecular weight is 324 g/mol. The van der Waals surface area contributed by atoms with Crippen molar-refractivity contribution in [3.05, 3.63) is 46.5 Å². The van der Waals surface area contributed by atoms with Crippen molar-refractivity contribution in [3.63, 3.8) is 0 Å². The van der Waals surface area contributed by atoms with Crippen LogP contribution in [0.25, 0.3) is 0 Å². The van der Waals surface area contributed by atoms with Gasteiger partial charge in [0.05, 0.1) is 11.6 Å². The highest BCUT2D eigenvalue weighted by atomic mass is 79.9. The number of hydrogen-bond donors (Lipinski definition) is 1. The van der Waals surface area contributed by atoms with Gasteiger partial charge in [0, 0.05) is 31.4 Å². The van der Waals surface area contributed by atoms with Crippen LogP contribution in [0.2, 0.25) is 0 Å². The summed E-state index contributed by atoms with van der Waals surface area (Å²) in [5, 5.41) is 0. The summed E-state index contributed by atoms with van der Waals surface area (Å²) in [7, 11) is 1.65. The predicted molar refractivity (Wildman–Crippen MR) is 79.2 cm³/mol. The fraction of sp³-hybridized carbons (Fsp3) is 0.357. The molecule has 2 N–H and O–H groups in total. The van der Waals surface area contributed by atoms with Gasteiger partial charge in [-0.15, -0.1) is 0 Å². The Balaban J connectivity index is 2.16. The monoisotopic (exact) mass is 323 g/mol. The van der Waals surface area contributed by atoms with E-state index in [0.717, 1.165) is 34.6 Å². The number of nitrogens with zero attached hydrogens (tertiary/aromatic N) is 2. The van der Waals surface area contributed by atoms with Gasteiger partial charge in [-0.3, -0.25) is 0 Å². The van der Waals surface area contributed by atoms with Crippen molar-refractivity contribution in [1.29, 1.82) is 0 Å². The molecule has 1 aromatic carbocycles. The molecule has 0 bridgehead atoms. The molecule has 0 saturated heterocycles. The van der Waals surface area contributed by atoms with Crippen LogP contribution in [-0.4, -0.2) is 16.7 Å². The highest BCUT2D eigenvalue weighted by molar-refractivity contribution is 9.10. The van der Waals surface area contributed by atoms with Gasteiger partial charge in [-0.2, -0.15) is 0 Å². The quantitative estimate of drug-likeness (QED) is 0.920. The van der Waals surface area contributed by atoms with Crippen LogP contribution in [0, 0.1) is 0 Å². The third-order valence-electron chi connectivity index (χ3n) is 3.15. The van der Waals surface area contributed by atoms with Gasteiger partial charge in [-0.25, -0.2) is 4.98 Å². The van der Waals surface area contributed by atoms with Crippen molar-refractivity contribution >= 4 is 15.9 Å². The first kappa shape index (κ1) is 14.1. The molecule has 19 heavy (non-hydrogen) atoms. The van der Waals surface area contributed by atoms with Crippen LogP contribution < -0.4 is 10.5 Å². The number of nitrogens with two attached hydrogens (primary N) is 1. The standard InChI is InChI=1S/C14H18BrN3O/c1-3-18-7-6-17-14(18)9-12(16)10-4-5-13(19-2)11(15)8-10/h4-8,12H,3,9,16H2,1-2H3. The van der Waals surface area contributed by atoms with Crippen LogP contribution in [-0.2, 0) is 13.0 Å². The number of ether oxygens (including phenoxy) is 1.